The Morgan fingerprint density at radius 2 is 2.03 bits per heavy atom. The fourth-order valence-electron chi connectivity index (χ4n) is 3.82. The summed E-state index contributed by atoms with van der Waals surface area (Å²) in [5.41, 5.74) is 2.55. The zero-order valence-corrected chi connectivity index (χ0v) is 19.0. The highest BCUT2D eigenvalue weighted by Crippen LogP contribution is 2.38. The van der Waals surface area contributed by atoms with Gasteiger partial charge in [-0.3, -0.25) is 4.90 Å². The van der Waals surface area contributed by atoms with Gasteiger partial charge in [-0.2, -0.15) is 4.98 Å². The second kappa shape index (κ2) is 8.80. The summed E-state index contributed by atoms with van der Waals surface area (Å²) in [6.07, 6.45) is 0. The first-order valence-corrected chi connectivity index (χ1v) is 11.4. The summed E-state index contributed by atoms with van der Waals surface area (Å²) in [5, 5.41) is 9.61. The molecule has 4 aromatic rings. The van der Waals surface area contributed by atoms with E-state index in [1.165, 1.54) is 12.1 Å². The van der Waals surface area contributed by atoms with Gasteiger partial charge in [0.05, 0.1) is 18.2 Å². The van der Waals surface area contributed by atoms with Crippen LogP contribution in [0.3, 0.4) is 0 Å². The lowest BCUT2D eigenvalue weighted by Crippen LogP contribution is -2.45. The largest absolute Gasteiger partial charge is 0.334 e. The molecule has 0 saturated carbocycles. The molecule has 2 aromatic carbocycles. The molecule has 3 heterocycles. The molecule has 1 atom stereocenters. The normalized spacial score (nSPS) is 16.3. The van der Waals surface area contributed by atoms with Gasteiger partial charge in [-0.25, -0.2) is 9.18 Å². The Kier molecular flexibility index (Phi) is 5.70. The Balaban J connectivity index is 1.61. The van der Waals surface area contributed by atoms with Crippen LogP contribution in [0.25, 0.3) is 17.0 Å². The van der Waals surface area contributed by atoms with Crippen molar-refractivity contribution in [3.8, 4) is 11.4 Å². The minimum absolute atomic E-state index is 0.243. The fourth-order valence-corrected chi connectivity index (χ4v) is 4.70. The number of allylic oxidation sites excluding steroid dienone is 1. The van der Waals surface area contributed by atoms with E-state index in [4.69, 9.17) is 16.1 Å². The minimum Gasteiger partial charge on any atom is -0.334 e. The molecule has 166 valence electrons. The molecule has 0 fully saturated rings. The number of carbonyl (C=O) groups is 1. The fraction of sp³-hybridized carbons (Fsp3) is 0.125. The molecule has 2 amide bonds. The Bertz CT molecular complexity index is 1350. The van der Waals surface area contributed by atoms with Gasteiger partial charge in [0.2, 0.25) is 5.82 Å². The quantitative estimate of drug-likeness (QED) is 0.364. The second-order valence-corrected chi connectivity index (χ2v) is 9.00. The third-order valence-electron chi connectivity index (χ3n) is 5.41. The topological polar surface area (TPSA) is 71.3 Å². The SMILES string of the molecule is CC1=C(c2nc(-c3cccc(Cl)c3)no2)C(c2cccc(F)c2)NC(=O)N1Cc1cccs1. The van der Waals surface area contributed by atoms with Crippen molar-refractivity contribution in [1.29, 1.82) is 0 Å². The third-order valence-corrected chi connectivity index (χ3v) is 6.51. The molecule has 1 aliphatic rings. The van der Waals surface area contributed by atoms with Crippen LogP contribution in [0.15, 0.2) is 76.3 Å². The number of hydrogen-bond donors (Lipinski definition) is 1. The molecule has 1 unspecified atom stereocenters. The lowest BCUT2D eigenvalue weighted by atomic mass is 9.94. The van der Waals surface area contributed by atoms with Gasteiger partial charge in [0.1, 0.15) is 5.82 Å². The van der Waals surface area contributed by atoms with Crippen molar-refractivity contribution in [3.05, 3.63) is 98.9 Å². The van der Waals surface area contributed by atoms with Crippen molar-refractivity contribution < 1.29 is 13.7 Å². The van der Waals surface area contributed by atoms with Crippen molar-refractivity contribution in [2.24, 2.45) is 0 Å². The van der Waals surface area contributed by atoms with Crippen molar-refractivity contribution in [3.63, 3.8) is 0 Å². The molecule has 1 aliphatic heterocycles. The monoisotopic (exact) mass is 480 g/mol. The third kappa shape index (κ3) is 4.27. The molecule has 9 heteroatoms. The van der Waals surface area contributed by atoms with E-state index < -0.39 is 11.9 Å². The molecular weight excluding hydrogens is 463 g/mol. The molecule has 0 spiro atoms. The van der Waals surface area contributed by atoms with E-state index in [9.17, 15) is 9.18 Å². The predicted octanol–water partition coefficient (Wildman–Crippen LogP) is 6.29. The predicted molar refractivity (Wildman–Crippen MR) is 125 cm³/mol. The summed E-state index contributed by atoms with van der Waals surface area (Å²) in [6, 6.07) is 16.2. The Hall–Kier alpha value is -3.49. The number of thiophene rings is 1. The lowest BCUT2D eigenvalue weighted by Gasteiger charge is -2.35. The van der Waals surface area contributed by atoms with Gasteiger partial charge < -0.3 is 9.84 Å². The number of rotatable bonds is 5. The maximum Gasteiger partial charge on any atom is 0.322 e. The summed E-state index contributed by atoms with van der Waals surface area (Å²) in [4.78, 5) is 20.3. The minimum atomic E-state index is -0.652. The summed E-state index contributed by atoms with van der Waals surface area (Å²) < 4.78 is 19.7. The first-order valence-electron chi connectivity index (χ1n) is 10.2. The zero-order chi connectivity index (χ0) is 22.9. The number of nitrogens with one attached hydrogen (secondary N) is 1. The van der Waals surface area contributed by atoms with Crippen molar-refractivity contribution in [2.45, 2.75) is 19.5 Å². The lowest BCUT2D eigenvalue weighted by molar-refractivity contribution is 0.203. The average molecular weight is 481 g/mol. The van der Waals surface area contributed by atoms with Crippen LogP contribution in [-0.2, 0) is 6.54 Å². The molecule has 0 radical (unpaired) electrons. The Morgan fingerprint density at radius 3 is 2.79 bits per heavy atom. The second-order valence-electron chi connectivity index (χ2n) is 7.54. The van der Waals surface area contributed by atoms with Crippen molar-refractivity contribution in [1.82, 2.24) is 20.4 Å². The van der Waals surface area contributed by atoms with Crippen LogP contribution >= 0.6 is 22.9 Å². The molecule has 33 heavy (non-hydrogen) atoms. The van der Waals surface area contributed by atoms with Gasteiger partial charge in [-0.1, -0.05) is 47.1 Å². The molecule has 2 aromatic heterocycles. The van der Waals surface area contributed by atoms with Gasteiger partial charge >= 0.3 is 6.03 Å². The van der Waals surface area contributed by atoms with Crippen LogP contribution in [0, 0.1) is 5.82 Å². The van der Waals surface area contributed by atoms with E-state index in [0.29, 0.717) is 39.8 Å². The number of urea groups is 1. The van der Waals surface area contributed by atoms with Crippen LogP contribution in [-0.4, -0.2) is 21.1 Å². The summed E-state index contributed by atoms with van der Waals surface area (Å²) in [5.74, 6) is 0.213. The Morgan fingerprint density at radius 1 is 1.18 bits per heavy atom. The van der Waals surface area contributed by atoms with E-state index in [-0.39, 0.29) is 11.9 Å². The maximum absolute atomic E-state index is 14.0. The molecule has 0 aliphatic carbocycles. The summed E-state index contributed by atoms with van der Waals surface area (Å²) in [7, 11) is 0. The highest BCUT2D eigenvalue weighted by molar-refractivity contribution is 7.09. The first kappa shape index (κ1) is 21.4. The summed E-state index contributed by atoms with van der Waals surface area (Å²) in [6.45, 7) is 2.22. The van der Waals surface area contributed by atoms with Crippen molar-refractivity contribution >= 4 is 34.5 Å². The highest BCUT2D eigenvalue weighted by Gasteiger charge is 2.36. The van der Waals surface area contributed by atoms with Crippen molar-refractivity contribution in [2.75, 3.05) is 0 Å². The van der Waals surface area contributed by atoms with E-state index in [2.05, 4.69) is 15.5 Å². The van der Waals surface area contributed by atoms with Gasteiger partial charge in [0.15, 0.2) is 0 Å². The maximum atomic E-state index is 14.0. The molecule has 5 rings (SSSR count). The van der Waals surface area contributed by atoms with Gasteiger partial charge in [-0.05, 0) is 48.2 Å². The Labute approximate surface area is 198 Å². The molecular formula is C24H18ClFN4O2S. The highest BCUT2D eigenvalue weighted by atomic mass is 35.5. The summed E-state index contributed by atoms with van der Waals surface area (Å²) >= 11 is 7.67. The number of aromatic nitrogens is 2. The number of amides is 2. The van der Waals surface area contributed by atoms with Crippen LogP contribution in [0.1, 0.15) is 29.3 Å². The molecule has 6 nitrogen and oxygen atoms in total. The van der Waals surface area contributed by atoms with E-state index in [0.717, 1.165) is 4.88 Å². The number of benzene rings is 2. The number of nitrogens with zero attached hydrogens (tertiary/aromatic N) is 3. The van der Waals surface area contributed by atoms with E-state index in [1.807, 2.05) is 30.5 Å². The van der Waals surface area contributed by atoms with E-state index >= 15 is 0 Å². The number of carbonyl (C=O) groups excluding carboxylic acids is 1. The average Bonchev–Trinajstić information content (AvgIpc) is 3.49. The zero-order valence-electron chi connectivity index (χ0n) is 17.5. The number of halogens is 2. The van der Waals surface area contributed by atoms with Gasteiger partial charge in [-0.15, -0.1) is 11.3 Å². The molecule has 0 bridgehead atoms. The van der Waals surface area contributed by atoms with E-state index in [1.54, 1.807) is 46.6 Å². The molecule has 1 N–H and O–H groups in total. The first-order chi connectivity index (χ1) is 16.0. The number of hydrogen-bond acceptors (Lipinski definition) is 5. The van der Waals surface area contributed by atoms with Crippen LogP contribution < -0.4 is 5.32 Å². The standard InChI is InChI=1S/C24H18ClFN4O2S/c1-14-20(23-28-22(29-32-23)16-6-2-7-17(25)11-16)21(15-5-3-8-18(26)12-15)27-24(31)30(14)13-19-9-4-10-33-19/h2-12,21H,13H2,1H3,(H,27,31). The molecule has 0 saturated heterocycles. The van der Waals surface area contributed by atoms with Gasteiger partial charge in [0.25, 0.3) is 5.89 Å². The van der Waals surface area contributed by atoms with Crippen LogP contribution in [0.4, 0.5) is 9.18 Å². The van der Waals surface area contributed by atoms with Crippen LogP contribution in [0.2, 0.25) is 5.02 Å². The van der Waals surface area contributed by atoms with Gasteiger partial charge in [0, 0.05) is 21.2 Å². The smallest absolute Gasteiger partial charge is 0.322 e. The van der Waals surface area contributed by atoms with Crippen LogP contribution in [0.5, 0.6) is 0 Å².